The molecule has 5 nitrogen and oxygen atoms in total. The fourth-order valence-electron chi connectivity index (χ4n) is 1.94. The molecule has 0 amide bonds. The van der Waals surface area contributed by atoms with E-state index in [1.807, 2.05) is 0 Å². The third-order valence-corrected chi connectivity index (χ3v) is 3.76. The first kappa shape index (κ1) is 17.2. The van der Waals surface area contributed by atoms with Crippen LogP contribution in [0, 0.1) is 0 Å². The molecule has 0 aromatic carbocycles. The standard InChI is InChI=1S/C14H26BrN5/c1-5-8-16-13-12(15)14(18-11-17-13)20(6-2)10-7-9-19(3)4/h11H,5-10H2,1-4H3,(H,16,17,18). The Hall–Kier alpha value is -0.880. The van der Waals surface area contributed by atoms with Crippen molar-refractivity contribution in [3.05, 3.63) is 10.8 Å². The summed E-state index contributed by atoms with van der Waals surface area (Å²) in [5, 5.41) is 3.32. The summed E-state index contributed by atoms with van der Waals surface area (Å²) in [6.45, 7) is 8.24. The maximum atomic E-state index is 4.43. The smallest absolute Gasteiger partial charge is 0.148 e. The maximum Gasteiger partial charge on any atom is 0.148 e. The second-order valence-electron chi connectivity index (χ2n) is 5.02. The average Bonchev–Trinajstić information content (AvgIpc) is 2.43. The molecule has 114 valence electrons. The molecule has 0 saturated carbocycles. The van der Waals surface area contributed by atoms with E-state index in [1.54, 1.807) is 6.33 Å². The molecular weight excluding hydrogens is 318 g/mol. The normalized spacial score (nSPS) is 10.9. The summed E-state index contributed by atoms with van der Waals surface area (Å²) in [6, 6.07) is 0. The van der Waals surface area contributed by atoms with Crippen molar-refractivity contribution in [1.29, 1.82) is 0 Å². The van der Waals surface area contributed by atoms with Crippen molar-refractivity contribution in [2.75, 3.05) is 50.5 Å². The van der Waals surface area contributed by atoms with Crippen LogP contribution in [0.1, 0.15) is 26.7 Å². The quantitative estimate of drug-likeness (QED) is 0.746. The summed E-state index contributed by atoms with van der Waals surface area (Å²) in [7, 11) is 4.20. The van der Waals surface area contributed by atoms with Crippen LogP contribution in [0.4, 0.5) is 11.6 Å². The van der Waals surface area contributed by atoms with Crippen molar-refractivity contribution < 1.29 is 0 Å². The zero-order valence-electron chi connectivity index (χ0n) is 13.0. The van der Waals surface area contributed by atoms with E-state index >= 15 is 0 Å². The van der Waals surface area contributed by atoms with Gasteiger partial charge in [0.05, 0.1) is 0 Å². The van der Waals surface area contributed by atoms with Gasteiger partial charge in [0.2, 0.25) is 0 Å². The maximum absolute atomic E-state index is 4.43. The van der Waals surface area contributed by atoms with Gasteiger partial charge in [-0.05, 0) is 56.3 Å². The van der Waals surface area contributed by atoms with Gasteiger partial charge in [0.15, 0.2) is 0 Å². The highest BCUT2D eigenvalue weighted by Gasteiger charge is 2.14. The zero-order chi connectivity index (χ0) is 15.0. The number of anilines is 2. The van der Waals surface area contributed by atoms with Gasteiger partial charge in [0.25, 0.3) is 0 Å². The van der Waals surface area contributed by atoms with E-state index in [9.17, 15) is 0 Å². The molecule has 0 atom stereocenters. The van der Waals surface area contributed by atoms with Crippen molar-refractivity contribution in [3.8, 4) is 0 Å². The summed E-state index contributed by atoms with van der Waals surface area (Å²) in [6.07, 6.45) is 3.83. The van der Waals surface area contributed by atoms with Crippen LogP contribution in [0.3, 0.4) is 0 Å². The predicted molar refractivity (Wildman–Crippen MR) is 89.6 cm³/mol. The lowest BCUT2D eigenvalue weighted by molar-refractivity contribution is 0.400. The highest BCUT2D eigenvalue weighted by atomic mass is 79.9. The lowest BCUT2D eigenvalue weighted by Gasteiger charge is -2.24. The monoisotopic (exact) mass is 343 g/mol. The number of aromatic nitrogens is 2. The van der Waals surface area contributed by atoms with Crippen molar-refractivity contribution in [2.24, 2.45) is 0 Å². The van der Waals surface area contributed by atoms with Crippen LogP contribution in [0.5, 0.6) is 0 Å². The molecule has 0 bridgehead atoms. The van der Waals surface area contributed by atoms with Crippen LogP contribution in [-0.4, -0.2) is 55.1 Å². The van der Waals surface area contributed by atoms with Crippen LogP contribution in [-0.2, 0) is 0 Å². The minimum absolute atomic E-state index is 0.878. The van der Waals surface area contributed by atoms with Crippen molar-refractivity contribution >= 4 is 27.6 Å². The summed E-state index contributed by atoms with van der Waals surface area (Å²) < 4.78 is 0.958. The van der Waals surface area contributed by atoms with Crippen molar-refractivity contribution in [3.63, 3.8) is 0 Å². The molecule has 1 heterocycles. The molecule has 0 spiro atoms. The molecule has 1 aromatic heterocycles. The van der Waals surface area contributed by atoms with E-state index in [-0.39, 0.29) is 0 Å². The summed E-state index contributed by atoms with van der Waals surface area (Å²) in [5.74, 6) is 1.85. The zero-order valence-corrected chi connectivity index (χ0v) is 14.6. The first-order valence-electron chi connectivity index (χ1n) is 7.24. The molecule has 0 aliphatic carbocycles. The first-order valence-corrected chi connectivity index (χ1v) is 8.03. The second-order valence-corrected chi connectivity index (χ2v) is 5.82. The third-order valence-electron chi connectivity index (χ3n) is 3.03. The number of halogens is 1. The Balaban J connectivity index is 2.75. The van der Waals surface area contributed by atoms with E-state index in [0.717, 1.165) is 55.1 Å². The fourth-order valence-corrected chi connectivity index (χ4v) is 2.53. The fraction of sp³-hybridized carbons (Fsp3) is 0.714. The molecule has 0 radical (unpaired) electrons. The lowest BCUT2D eigenvalue weighted by Crippen LogP contribution is -2.28. The number of hydrogen-bond donors (Lipinski definition) is 1. The van der Waals surface area contributed by atoms with Crippen LogP contribution in [0.25, 0.3) is 0 Å². The van der Waals surface area contributed by atoms with E-state index in [4.69, 9.17) is 0 Å². The predicted octanol–water partition coefficient (Wildman–Crippen LogP) is 2.84. The van der Waals surface area contributed by atoms with Gasteiger partial charge in [-0.15, -0.1) is 0 Å². The molecule has 1 rings (SSSR count). The minimum Gasteiger partial charge on any atom is -0.369 e. The molecule has 1 N–H and O–H groups in total. The molecule has 20 heavy (non-hydrogen) atoms. The van der Waals surface area contributed by atoms with Gasteiger partial charge in [-0.1, -0.05) is 6.92 Å². The Bertz CT molecular complexity index is 397. The molecule has 0 saturated heterocycles. The first-order chi connectivity index (χ1) is 9.60. The van der Waals surface area contributed by atoms with E-state index in [0.29, 0.717) is 0 Å². The van der Waals surface area contributed by atoms with Crippen LogP contribution >= 0.6 is 15.9 Å². The molecule has 1 aromatic rings. The second kappa shape index (κ2) is 9.13. The Morgan fingerprint density at radius 1 is 1.20 bits per heavy atom. The Kier molecular flexibility index (Phi) is 7.84. The molecule has 0 aliphatic heterocycles. The summed E-state index contributed by atoms with van der Waals surface area (Å²) in [5.41, 5.74) is 0. The Morgan fingerprint density at radius 3 is 2.55 bits per heavy atom. The largest absolute Gasteiger partial charge is 0.369 e. The van der Waals surface area contributed by atoms with Gasteiger partial charge in [-0.3, -0.25) is 0 Å². The molecule has 0 unspecified atom stereocenters. The van der Waals surface area contributed by atoms with Gasteiger partial charge in [0, 0.05) is 19.6 Å². The van der Waals surface area contributed by atoms with Crippen LogP contribution in [0.15, 0.2) is 10.8 Å². The van der Waals surface area contributed by atoms with Crippen molar-refractivity contribution in [2.45, 2.75) is 26.7 Å². The summed E-state index contributed by atoms with van der Waals surface area (Å²) in [4.78, 5) is 13.2. The minimum atomic E-state index is 0.878. The van der Waals surface area contributed by atoms with Gasteiger partial charge in [-0.2, -0.15) is 0 Å². The molecular formula is C14H26BrN5. The van der Waals surface area contributed by atoms with Crippen LogP contribution < -0.4 is 10.2 Å². The Morgan fingerprint density at radius 2 is 1.95 bits per heavy atom. The van der Waals surface area contributed by atoms with E-state index in [2.05, 4.69) is 69.0 Å². The number of hydrogen-bond acceptors (Lipinski definition) is 5. The van der Waals surface area contributed by atoms with Gasteiger partial charge in [0.1, 0.15) is 22.4 Å². The number of rotatable bonds is 9. The topological polar surface area (TPSA) is 44.3 Å². The Labute approximate surface area is 130 Å². The molecule has 0 aliphatic rings. The highest BCUT2D eigenvalue weighted by Crippen LogP contribution is 2.29. The van der Waals surface area contributed by atoms with Crippen molar-refractivity contribution in [1.82, 2.24) is 14.9 Å². The van der Waals surface area contributed by atoms with E-state index < -0.39 is 0 Å². The highest BCUT2D eigenvalue weighted by molar-refractivity contribution is 9.10. The SMILES string of the molecule is CCCNc1ncnc(N(CC)CCCN(C)C)c1Br. The lowest BCUT2D eigenvalue weighted by atomic mass is 10.3. The van der Waals surface area contributed by atoms with Gasteiger partial charge >= 0.3 is 0 Å². The molecule has 6 heteroatoms. The average molecular weight is 344 g/mol. The van der Waals surface area contributed by atoms with Gasteiger partial charge < -0.3 is 15.1 Å². The van der Waals surface area contributed by atoms with E-state index in [1.165, 1.54) is 0 Å². The number of nitrogens with zero attached hydrogens (tertiary/aromatic N) is 4. The number of nitrogens with one attached hydrogen (secondary N) is 1. The third kappa shape index (κ3) is 5.25. The summed E-state index contributed by atoms with van der Waals surface area (Å²) >= 11 is 3.63. The van der Waals surface area contributed by atoms with Crippen LogP contribution in [0.2, 0.25) is 0 Å². The molecule has 0 fully saturated rings. The van der Waals surface area contributed by atoms with Gasteiger partial charge in [-0.25, -0.2) is 9.97 Å².